The third-order valence-corrected chi connectivity index (χ3v) is 4.43. The number of rotatable bonds is 3. The van der Waals surface area contributed by atoms with Gasteiger partial charge in [0.05, 0.1) is 5.69 Å². The number of nitrogens with zero attached hydrogens (tertiary/aromatic N) is 1. The maximum Gasteiger partial charge on any atom is 0.147 e. The lowest BCUT2D eigenvalue weighted by Crippen LogP contribution is -2.63. The lowest BCUT2D eigenvalue weighted by Gasteiger charge is -2.47. The van der Waals surface area contributed by atoms with Crippen LogP contribution in [-0.2, 0) is 0 Å². The van der Waals surface area contributed by atoms with Crippen LogP contribution in [0.5, 0.6) is 0 Å². The quantitative estimate of drug-likeness (QED) is 0.907. The lowest BCUT2D eigenvalue weighted by atomic mass is 9.92. The molecule has 0 aliphatic carbocycles. The topological polar surface area (TPSA) is 15.3 Å². The minimum absolute atomic E-state index is 0.0394. The molecule has 1 heterocycles. The van der Waals surface area contributed by atoms with Crippen molar-refractivity contribution in [3.8, 4) is 0 Å². The molecule has 2 rings (SSSR count). The van der Waals surface area contributed by atoms with Crippen LogP contribution in [0.3, 0.4) is 0 Å². The SMILES string of the molecule is CCC1CNC(C)(CC)CN1c1ccc(Cl)cc1F. The highest BCUT2D eigenvalue weighted by molar-refractivity contribution is 6.30. The van der Waals surface area contributed by atoms with E-state index in [0.717, 1.165) is 25.9 Å². The second kappa shape index (κ2) is 5.68. The summed E-state index contributed by atoms with van der Waals surface area (Å²) < 4.78 is 14.2. The van der Waals surface area contributed by atoms with Gasteiger partial charge < -0.3 is 10.2 Å². The van der Waals surface area contributed by atoms with Crippen molar-refractivity contribution in [2.45, 2.75) is 45.2 Å². The Labute approximate surface area is 119 Å². The molecule has 2 atom stereocenters. The normalized spacial score (nSPS) is 27.6. The second-order valence-electron chi connectivity index (χ2n) is 5.58. The van der Waals surface area contributed by atoms with Crippen molar-refractivity contribution in [1.29, 1.82) is 0 Å². The molecule has 1 saturated heterocycles. The fourth-order valence-corrected chi connectivity index (χ4v) is 2.79. The molecule has 1 aromatic carbocycles. The standard InChI is InChI=1S/C15H22ClFN2/c1-4-12-9-18-15(3,5-2)10-19(12)14-7-6-11(16)8-13(14)17/h6-8,12,18H,4-5,9-10H2,1-3H3. The van der Waals surface area contributed by atoms with Crippen molar-refractivity contribution < 1.29 is 4.39 Å². The van der Waals surface area contributed by atoms with E-state index in [2.05, 4.69) is 31.0 Å². The molecule has 2 nitrogen and oxygen atoms in total. The predicted octanol–water partition coefficient (Wildman–Crippen LogP) is 3.84. The summed E-state index contributed by atoms with van der Waals surface area (Å²) in [7, 11) is 0. The smallest absolute Gasteiger partial charge is 0.147 e. The fraction of sp³-hybridized carbons (Fsp3) is 0.600. The molecular weight excluding hydrogens is 263 g/mol. The van der Waals surface area contributed by atoms with Gasteiger partial charge in [-0.05, 0) is 38.0 Å². The third kappa shape index (κ3) is 3.03. The van der Waals surface area contributed by atoms with Gasteiger partial charge in [-0.25, -0.2) is 4.39 Å². The Hall–Kier alpha value is -0.800. The fourth-order valence-electron chi connectivity index (χ4n) is 2.63. The van der Waals surface area contributed by atoms with Gasteiger partial charge in [-0.15, -0.1) is 0 Å². The molecule has 4 heteroatoms. The van der Waals surface area contributed by atoms with Crippen LogP contribution in [0.25, 0.3) is 0 Å². The first-order chi connectivity index (χ1) is 8.99. The highest BCUT2D eigenvalue weighted by Crippen LogP contribution is 2.30. The van der Waals surface area contributed by atoms with E-state index in [1.165, 1.54) is 6.07 Å². The molecule has 1 aromatic rings. The van der Waals surface area contributed by atoms with E-state index in [1.807, 2.05) is 0 Å². The highest BCUT2D eigenvalue weighted by Gasteiger charge is 2.34. The summed E-state index contributed by atoms with van der Waals surface area (Å²) in [5, 5.41) is 4.03. The van der Waals surface area contributed by atoms with Crippen molar-refractivity contribution in [3.05, 3.63) is 29.0 Å². The van der Waals surface area contributed by atoms with Crippen LogP contribution in [0.1, 0.15) is 33.6 Å². The Morgan fingerprint density at radius 1 is 1.47 bits per heavy atom. The minimum atomic E-state index is -0.230. The Morgan fingerprint density at radius 2 is 2.21 bits per heavy atom. The summed E-state index contributed by atoms with van der Waals surface area (Å²) in [5.41, 5.74) is 0.704. The number of hydrogen-bond donors (Lipinski definition) is 1. The molecule has 1 aliphatic heterocycles. The number of piperazine rings is 1. The summed E-state index contributed by atoms with van der Waals surface area (Å²) in [6.07, 6.45) is 2.02. The number of halogens is 2. The summed E-state index contributed by atoms with van der Waals surface area (Å²) in [6.45, 7) is 8.21. The van der Waals surface area contributed by atoms with E-state index in [-0.39, 0.29) is 11.4 Å². The Bertz CT molecular complexity index is 452. The molecule has 1 N–H and O–H groups in total. The van der Waals surface area contributed by atoms with E-state index in [1.54, 1.807) is 12.1 Å². The molecule has 0 radical (unpaired) electrons. The average Bonchev–Trinajstić information content (AvgIpc) is 2.39. The molecule has 0 saturated carbocycles. The lowest BCUT2D eigenvalue weighted by molar-refractivity contribution is 0.274. The number of hydrogen-bond acceptors (Lipinski definition) is 2. The zero-order valence-corrected chi connectivity index (χ0v) is 12.6. The van der Waals surface area contributed by atoms with Crippen LogP contribution in [0.2, 0.25) is 5.02 Å². The number of anilines is 1. The predicted molar refractivity (Wildman–Crippen MR) is 79.5 cm³/mol. The molecule has 0 bridgehead atoms. The number of benzene rings is 1. The van der Waals surface area contributed by atoms with Crippen LogP contribution in [0, 0.1) is 5.82 Å². The van der Waals surface area contributed by atoms with Gasteiger partial charge in [-0.2, -0.15) is 0 Å². The molecule has 0 amide bonds. The van der Waals surface area contributed by atoms with Crippen molar-refractivity contribution in [3.63, 3.8) is 0 Å². The van der Waals surface area contributed by atoms with Gasteiger partial charge in [0.25, 0.3) is 0 Å². The van der Waals surface area contributed by atoms with E-state index >= 15 is 0 Å². The van der Waals surface area contributed by atoms with E-state index in [0.29, 0.717) is 16.8 Å². The Balaban J connectivity index is 2.32. The number of nitrogens with one attached hydrogen (secondary N) is 1. The summed E-state index contributed by atoms with van der Waals surface area (Å²) >= 11 is 5.84. The van der Waals surface area contributed by atoms with Crippen LogP contribution in [-0.4, -0.2) is 24.7 Å². The molecule has 106 valence electrons. The van der Waals surface area contributed by atoms with Gasteiger partial charge in [-0.1, -0.05) is 25.4 Å². The molecule has 1 aliphatic rings. The first-order valence-corrected chi connectivity index (χ1v) is 7.33. The van der Waals surface area contributed by atoms with E-state index < -0.39 is 0 Å². The molecule has 0 spiro atoms. The average molecular weight is 285 g/mol. The maximum atomic E-state index is 14.2. The first-order valence-electron chi connectivity index (χ1n) is 6.96. The summed E-state index contributed by atoms with van der Waals surface area (Å²) in [5.74, 6) is -0.230. The van der Waals surface area contributed by atoms with Gasteiger partial charge in [0, 0.05) is 29.7 Å². The van der Waals surface area contributed by atoms with Gasteiger partial charge >= 0.3 is 0 Å². The minimum Gasteiger partial charge on any atom is -0.363 e. The van der Waals surface area contributed by atoms with Gasteiger partial charge in [0.15, 0.2) is 0 Å². The zero-order valence-electron chi connectivity index (χ0n) is 11.8. The van der Waals surface area contributed by atoms with E-state index in [9.17, 15) is 4.39 Å². The van der Waals surface area contributed by atoms with Crippen molar-refractivity contribution >= 4 is 17.3 Å². The Kier molecular flexibility index (Phi) is 4.36. The van der Waals surface area contributed by atoms with Crippen LogP contribution in [0.15, 0.2) is 18.2 Å². The first kappa shape index (κ1) is 14.6. The van der Waals surface area contributed by atoms with Crippen molar-refractivity contribution in [1.82, 2.24) is 5.32 Å². The second-order valence-corrected chi connectivity index (χ2v) is 6.02. The Morgan fingerprint density at radius 3 is 2.79 bits per heavy atom. The van der Waals surface area contributed by atoms with Gasteiger partial charge in [0.1, 0.15) is 5.82 Å². The van der Waals surface area contributed by atoms with E-state index in [4.69, 9.17) is 11.6 Å². The van der Waals surface area contributed by atoms with Crippen molar-refractivity contribution in [2.75, 3.05) is 18.0 Å². The molecule has 19 heavy (non-hydrogen) atoms. The highest BCUT2D eigenvalue weighted by atomic mass is 35.5. The molecule has 0 aromatic heterocycles. The van der Waals surface area contributed by atoms with Crippen LogP contribution in [0.4, 0.5) is 10.1 Å². The van der Waals surface area contributed by atoms with Crippen LogP contribution >= 0.6 is 11.6 Å². The summed E-state index contributed by atoms with van der Waals surface area (Å²) in [6, 6.07) is 5.28. The van der Waals surface area contributed by atoms with Gasteiger partial charge in [0.2, 0.25) is 0 Å². The zero-order chi connectivity index (χ0) is 14.0. The van der Waals surface area contributed by atoms with Crippen LogP contribution < -0.4 is 10.2 Å². The third-order valence-electron chi connectivity index (χ3n) is 4.20. The molecular formula is C15H22ClFN2. The molecule has 1 fully saturated rings. The largest absolute Gasteiger partial charge is 0.363 e. The van der Waals surface area contributed by atoms with Crippen molar-refractivity contribution in [2.24, 2.45) is 0 Å². The van der Waals surface area contributed by atoms with Gasteiger partial charge in [-0.3, -0.25) is 0 Å². The summed E-state index contributed by atoms with van der Waals surface area (Å²) in [4.78, 5) is 2.19. The monoisotopic (exact) mass is 284 g/mol. The molecule has 2 unspecified atom stereocenters. The maximum absolute atomic E-state index is 14.2.